The van der Waals surface area contributed by atoms with Gasteiger partial charge in [0, 0.05) is 38.2 Å². The van der Waals surface area contributed by atoms with Gasteiger partial charge in [-0.25, -0.2) is 9.97 Å². The molecule has 3 aliphatic rings. The number of hydrogen-bond acceptors (Lipinski definition) is 7. The van der Waals surface area contributed by atoms with Crippen LogP contribution in [0.5, 0.6) is 0 Å². The molecular formula is C18H23N7O2. The van der Waals surface area contributed by atoms with Crippen LogP contribution in [-0.4, -0.2) is 68.4 Å². The standard InChI is InChI=1S/C18H23N7O2/c26-18(17-22-21-15-3-1-2-5-25(15)17)24-6-4-13-14(11-24)19-12-20-16(13)23-7-9-27-10-8-23/h12H,1-11H2. The highest BCUT2D eigenvalue weighted by Crippen LogP contribution is 2.27. The monoisotopic (exact) mass is 369 g/mol. The van der Waals surface area contributed by atoms with Gasteiger partial charge in [0.2, 0.25) is 5.82 Å². The molecule has 0 atom stereocenters. The normalized spacial score (nSPS) is 19.6. The average molecular weight is 369 g/mol. The van der Waals surface area contributed by atoms with Crippen molar-refractivity contribution in [2.45, 2.75) is 38.8 Å². The second-order valence-corrected chi connectivity index (χ2v) is 7.25. The van der Waals surface area contributed by atoms with E-state index in [-0.39, 0.29) is 5.91 Å². The predicted molar refractivity (Wildman–Crippen MR) is 96.5 cm³/mol. The Hall–Kier alpha value is -2.55. The summed E-state index contributed by atoms with van der Waals surface area (Å²) in [6.45, 7) is 5.12. The number of aromatic nitrogens is 5. The van der Waals surface area contributed by atoms with E-state index in [2.05, 4.69) is 25.1 Å². The van der Waals surface area contributed by atoms with Gasteiger partial charge in [0.1, 0.15) is 18.0 Å². The van der Waals surface area contributed by atoms with E-state index in [1.165, 1.54) is 0 Å². The number of carbonyl (C=O) groups is 1. The molecule has 2 aromatic rings. The molecule has 9 nitrogen and oxygen atoms in total. The third kappa shape index (κ3) is 2.95. The van der Waals surface area contributed by atoms with Crippen molar-refractivity contribution in [2.24, 2.45) is 0 Å². The first-order valence-corrected chi connectivity index (χ1v) is 9.68. The van der Waals surface area contributed by atoms with E-state index < -0.39 is 0 Å². The largest absolute Gasteiger partial charge is 0.378 e. The fourth-order valence-electron chi connectivity index (χ4n) is 4.17. The second-order valence-electron chi connectivity index (χ2n) is 7.25. The lowest BCUT2D eigenvalue weighted by Crippen LogP contribution is -2.41. The molecule has 2 aromatic heterocycles. The number of nitrogens with zero attached hydrogens (tertiary/aromatic N) is 7. The van der Waals surface area contributed by atoms with E-state index in [4.69, 9.17) is 4.74 Å². The number of aryl methyl sites for hydroxylation is 1. The summed E-state index contributed by atoms with van der Waals surface area (Å²) in [5.74, 6) is 2.35. The first kappa shape index (κ1) is 16.6. The Kier molecular flexibility index (Phi) is 4.23. The molecule has 0 spiro atoms. The summed E-state index contributed by atoms with van der Waals surface area (Å²) < 4.78 is 7.43. The summed E-state index contributed by atoms with van der Waals surface area (Å²) in [6.07, 6.45) is 5.46. The van der Waals surface area contributed by atoms with E-state index in [1.54, 1.807) is 6.33 Å². The number of hydrogen-bond donors (Lipinski definition) is 0. The van der Waals surface area contributed by atoms with Gasteiger partial charge in [0.25, 0.3) is 5.91 Å². The fourth-order valence-corrected chi connectivity index (χ4v) is 4.17. The lowest BCUT2D eigenvalue weighted by molar-refractivity contribution is 0.0712. The van der Waals surface area contributed by atoms with Gasteiger partial charge in [-0.2, -0.15) is 0 Å². The van der Waals surface area contributed by atoms with Crippen molar-refractivity contribution in [1.29, 1.82) is 0 Å². The molecule has 5 rings (SSSR count). The maximum Gasteiger partial charge on any atom is 0.292 e. The molecule has 1 fully saturated rings. The van der Waals surface area contributed by atoms with Gasteiger partial charge in [0.05, 0.1) is 25.5 Å². The third-order valence-electron chi connectivity index (χ3n) is 5.63. The van der Waals surface area contributed by atoms with Crippen molar-refractivity contribution in [3.63, 3.8) is 0 Å². The Morgan fingerprint density at radius 3 is 2.78 bits per heavy atom. The van der Waals surface area contributed by atoms with Crippen LogP contribution in [0.1, 0.15) is 40.5 Å². The zero-order chi connectivity index (χ0) is 18.2. The highest BCUT2D eigenvalue weighted by Gasteiger charge is 2.30. The lowest BCUT2D eigenvalue weighted by atomic mass is 10.0. The lowest BCUT2D eigenvalue weighted by Gasteiger charge is -2.33. The zero-order valence-electron chi connectivity index (χ0n) is 15.3. The zero-order valence-corrected chi connectivity index (χ0v) is 15.3. The van der Waals surface area contributed by atoms with Crippen molar-refractivity contribution >= 4 is 11.7 Å². The Balaban J connectivity index is 1.38. The smallest absolute Gasteiger partial charge is 0.292 e. The third-order valence-corrected chi connectivity index (χ3v) is 5.63. The van der Waals surface area contributed by atoms with E-state index >= 15 is 0 Å². The molecule has 142 valence electrons. The first-order valence-electron chi connectivity index (χ1n) is 9.68. The first-order chi connectivity index (χ1) is 13.3. The van der Waals surface area contributed by atoms with Crippen LogP contribution in [0.15, 0.2) is 6.33 Å². The molecule has 1 amide bonds. The van der Waals surface area contributed by atoms with Crippen molar-refractivity contribution in [3.05, 3.63) is 29.2 Å². The van der Waals surface area contributed by atoms with Crippen molar-refractivity contribution in [3.8, 4) is 0 Å². The van der Waals surface area contributed by atoms with Gasteiger partial charge in [-0.05, 0) is 19.3 Å². The molecule has 0 radical (unpaired) electrons. The van der Waals surface area contributed by atoms with Gasteiger partial charge in [0.15, 0.2) is 0 Å². The summed E-state index contributed by atoms with van der Waals surface area (Å²) in [6, 6.07) is 0. The summed E-state index contributed by atoms with van der Waals surface area (Å²) in [5, 5.41) is 8.40. The molecule has 27 heavy (non-hydrogen) atoms. The number of amides is 1. The fraction of sp³-hybridized carbons (Fsp3) is 0.611. The van der Waals surface area contributed by atoms with Crippen LogP contribution in [0.25, 0.3) is 0 Å². The van der Waals surface area contributed by atoms with Gasteiger partial charge < -0.3 is 19.1 Å². The molecule has 0 N–H and O–H groups in total. The predicted octanol–water partition coefficient (Wildman–Crippen LogP) is 0.439. The van der Waals surface area contributed by atoms with Gasteiger partial charge in [-0.1, -0.05) is 0 Å². The highest BCUT2D eigenvalue weighted by atomic mass is 16.5. The van der Waals surface area contributed by atoms with Gasteiger partial charge >= 0.3 is 0 Å². The van der Waals surface area contributed by atoms with Crippen LogP contribution in [0.2, 0.25) is 0 Å². The summed E-state index contributed by atoms with van der Waals surface area (Å²) in [4.78, 5) is 26.2. The topological polar surface area (TPSA) is 89.3 Å². The average Bonchev–Trinajstić information content (AvgIpc) is 3.17. The van der Waals surface area contributed by atoms with E-state index in [0.29, 0.717) is 18.9 Å². The minimum Gasteiger partial charge on any atom is -0.378 e. The highest BCUT2D eigenvalue weighted by molar-refractivity contribution is 5.91. The number of anilines is 1. The molecule has 0 unspecified atom stereocenters. The maximum atomic E-state index is 13.1. The van der Waals surface area contributed by atoms with E-state index in [1.807, 2.05) is 9.47 Å². The molecule has 0 aromatic carbocycles. The van der Waals surface area contributed by atoms with Crippen molar-refractivity contribution in [1.82, 2.24) is 29.6 Å². The minimum atomic E-state index is -0.0483. The van der Waals surface area contributed by atoms with Crippen LogP contribution < -0.4 is 4.90 Å². The second kappa shape index (κ2) is 6.88. The summed E-state index contributed by atoms with van der Waals surface area (Å²) in [5.41, 5.74) is 2.09. The van der Waals surface area contributed by atoms with Crippen LogP contribution >= 0.6 is 0 Å². The van der Waals surface area contributed by atoms with Gasteiger partial charge in [-0.3, -0.25) is 4.79 Å². The molecule has 9 heteroatoms. The summed E-state index contributed by atoms with van der Waals surface area (Å²) in [7, 11) is 0. The molecule has 0 aliphatic carbocycles. The van der Waals surface area contributed by atoms with Crippen LogP contribution in [0.3, 0.4) is 0 Å². The molecule has 1 saturated heterocycles. The van der Waals surface area contributed by atoms with E-state index in [9.17, 15) is 4.79 Å². The SMILES string of the molecule is O=C(c1nnc2n1CCCC2)N1CCc2c(ncnc2N2CCOCC2)C1. The van der Waals surface area contributed by atoms with Crippen LogP contribution in [0, 0.1) is 0 Å². The molecular weight excluding hydrogens is 346 g/mol. The molecule has 3 aliphatic heterocycles. The van der Waals surface area contributed by atoms with E-state index in [0.717, 1.165) is 81.4 Å². The molecule has 0 bridgehead atoms. The quantitative estimate of drug-likeness (QED) is 0.759. The summed E-state index contributed by atoms with van der Waals surface area (Å²) >= 11 is 0. The maximum absolute atomic E-state index is 13.1. The Morgan fingerprint density at radius 2 is 1.89 bits per heavy atom. The Labute approximate surface area is 157 Å². The van der Waals surface area contributed by atoms with Crippen LogP contribution in [-0.2, 0) is 30.7 Å². The Bertz CT molecular complexity index is 859. The Morgan fingerprint density at radius 1 is 1.00 bits per heavy atom. The number of morpholine rings is 1. The van der Waals surface area contributed by atoms with Crippen molar-refractivity contribution in [2.75, 3.05) is 37.7 Å². The molecule has 5 heterocycles. The number of fused-ring (bicyclic) bond motifs is 2. The van der Waals surface area contributed by atoms with Gasteiger partial charge in [-0.15, -0.1) is 10.2 Å². The van der Waals surface area contributed by atoms with Crippen molar-refractivity contribution < 1.29 is 9.53 Å². The van der Waals surface area contributed by atoms with Crippen LogP contribution in [0.4, 0.5) is 5.82 Å². The number of carbonyl (C=O) groups excluding carboxylic acids is 1. The number of ether oxygens (including phenoxy) is 1. The minimum absolute atomic E-state index is 0.0483. The molecule has 0 saturated carbocycles. The number of rotatable bonds is 2.